The predicted molar refractivity (Wildman–Crippen MR) is 86.6 cm³/mol. The lowest BCUT2D eigenvalue weighted by Crippen LogP contribution is -2.13. The van der Waals surface area contributed by atoms with Crippen LogP contribution in [0.4, 0.5) is 10.1 Å². The average Bonchev–Trinajstić information content (AvgIpc) is 2.44. The number of amides is 1. The molecule has 1 N–H and O–H groups in total. The topological polar surface area (TPSA) is 29.1 Å². The van der Waals surface area contributed by atoms with E-state index < -0.39 is 5.82 Å². The zero-order valence-electron chi connectivity index (χ0n) is 11.5. The maximum absolute atomic E-state index is 13.6. The summed E-state index contributed by atoms with van der Waals surface area (Å²) in [6.45, 7) is 1.80. The molecule has 0 aromatic heterocycles. The molecule has 0 heterocycles. The zero-order chi connectivity index (χ0) is 15.2. The Labute approximate surface area is 132 Å². The lowest BCUT2D eigenvalue weighted by Gasteiger charge is -2.07. The minimum absolute atomic E-state index is 0.211. The summed E-state index contributed by atoms with van der Waals surface area (Å²) in [6.07, 6.45) is 0.295. The fraction of sp³-hybridized carbons (Fsp3) is 0.188. The van der Waals surface area contributed by atoms with Crippen molar-refractivity contribution in [2.45, 2.75) is 18.2 Å². The summed E-state index contributed by atoms with van der Waals surface area (Å²) in [7, 11) is 0. The molecule has 110 valence electrons. The fourth-order valence-electron chi connectivity index (χ4n) is 1.75. The summed E-state index contributed by atoms with van der Waals surface area (Å²) in [4.78, 5) is 12.7. The first-order valence-corrected chi connectivity index (χ1v) is 7.86. The summed E-state index contributed by atoms with van der Waals surface area (Å²) >= 11 is 7.54. The van der Waals surface area contributed by atoms with E-state index in [2.05, 4.69) is 5.32 Å². The molecule has 5 heteroatoms. The lowest BCUT2D eigenvalue weighted by molar-refractivity contribution is -0.115. The number of carbonyl (C=O) groups excluding carboxylic acids is 1. The van der Waals surface area contributed by atoms with Gasteiger partial charge >= 0.3 is 0 Å². The molecule has 21 heavy (non-hydrogen) atoms. The first-order chi connectivity index (χ1) is 10.1. The Morgan fingerprint density at radius 3 is 2.76 bits per heavy atom. The third-order valence-electron chi connectivity index (χ3n) is 2.82. The number of halogens is 2. The number of thioether (sulfide) groups is 1. The van der Waals surface area contributed by atoms with Gasteiger partial charge in [-0.15, -0.1) is 11.8 Å². The number of hydrogen-bond donors (Lipinski definition) is 1. The molecular weight excluding hydrogens is 309 g/mol. The molecule has 0 bridgehead atoms. The summed E-state index contributed by atoms with van der Waals surface area (Å²) in [5, 5.41) is 3.25. The van der Waals surface area contributed by atoms with Crippen molar-refractivity contribution >= 4 is 35.0 Å². The molecule has 2 nitrogen and oxygen atoms in total. The highest BCUT2D eigenvalue weighted by Crippen LogP contribution is 2.27. The van der Waals surface area contributed by atoms with Gasteiger partial charge in [0.15, 0.2) is 0 Å². The minimum Gasteiger partial charge on any atom is -0.324 e. The van der Waals surface area contributed by atoms with Gasteiger partial charge in [0.25, 0.3) is 0 Å². The molecule has 0 aliphatic rings. The van der Waals surface area contributed by atoms with Gasteiger partial charge in [0.2, 0.25) is 5.91 Å². The highest BCUT2D eigenvalue weighted by atomic mass is 35.5. The summed E-state index contributed by atoms with van der Waals surface area (Å²) in [5.41, 5.74) is 1.04. The first-order valence-electron chi connectivity index (χ1n) is 6.49. The Hall–Kier alpha value is -1.52. The van der Waals surface area contributed by atoms with Gasteiger partial charge in [0.05, 0.1) is 10.7 Å². The van der Waals surface area contributed by atoms with Crippen molar-refractivity contribution < 1.29 is 9.18 Å². The molecule has 2 aromatic rings. The maximum Gasteiger partial charge on any atom is 0.225 e. The third kappa shape index (κ3) is 4.76. The van der Waals surface area contributed by atoms with Crippen molar-refractivity contribution in [1.82, 2.24) is 0 Å². The Morgan fingerprint density at radius 1 is 1.29 bits per heavy atom. The second-order valence-corrected chi connectivity index (χ2v) is 6.10. The van der Waals surface area contributed by atoms with Crippen LogP contribution < -0.4 is 5.32 Å². The van der Waals surface area contributed by atoms with Crippen LogP contribution in [0.25, 0.3) is 0 Å². The van der Waals surface area contributed by atoms with E-state index in [9.17, 15) is 9.18 Å². The third-order valence-corrected chi connectivity index (χ3v) is 4.34. The van der Waals surface area contributed by atoms with Crippen LogP contribution in [-0.4, -0.2) is 11.7 Å². The number of carbonyl (C=O) groups is 1. The van der Waals surface area contributed by atoms with Crippen LogP contribution >= 0.6 is 23.4 Å². The van der Waals surface area contributed by atoms with Crippen molar-refractivity contribution in [1.29, 1.82) is 0 Å². The monoisotopic (exact) mass is 323 g/mol. The first kappa shape index (κ1) is 15.9. The molecule has 0 saturated carbocycles. The van der Waals surface area contributed by atoms with E-state index in [1.54, 1.807) is 19.1 Å². The summed E-state index contributed by atoms with van der Waals surface area (Å²) in [5.74, 6) is -0.0392. The molecule has 0 radical (unpaired) electrons. The predicted octanol–water partition coefficient (Wildman–Crippen LogP) is 4.91. The Balaban J connectivity index is 1.84. The van der Waals surface area contributed by atoms with E-state index in [0.717, 1.165) is 10.5 Å². The van der Waals surface area contributed by atoms with Crippen LogP contribution in [0.5, 0.6) is 0 Å². The van der Waals surface area contributed by atoms with Crippen molar-refractivity contribution in [2.75, 3.05) is 11.1 Å². The van der Waals surface area contributed by atoms with Crippen molar-refractivity contribution in [3.8, 4) is 0 Å². The van der Waals surface area contributed by atoms with E-state index in [4.69, 9.17) is 11.6 Å². The van der Waals surface area contributed by atoms with Crippen LogP contribution in [0.1, 0.15) is 12.0 Å². The normalized spacial score (nSPS) is 10.4. The molecule has 1 amide bonds. The van der Waals surface area contributed by atoms with Gasteiger partial charge in [-0.2, -0.15) is 0 Å². The molecule has 0 aliphatic carbocycles. The molecule has 2 rings (SSSR count). The number of hydrogen-bond acceptors (Lipinski definition) is 2. The van der Waals surface area contributed by atoms with E-state index in [1.807, 2.05) is 24.3 Å². The van der Waals surface area contributed by atoms with Crippen LogP contribution in [0, 0.1) is 12.7 Å². The van der Waals surface area contributed by atoms with Gasteiger partial charge < -0.3 is 5.32 Å². The van der Waals surface area contributed by atoms with Gasteiger partial charge in [-0.25, -0.2) is 4.39 Å². The molecule has 0 unspecified atom stereocenters. The van der Waals surface area contributed by atoms with Crippen molar-refractivity contribution in [3.63, 3.8) is 0 Å². The molecular formula is C16H15ClFNOS. The van der Waals surface area contributed by atoms with Crippen LogP contribution in [0.3, 0.4) is 0 Å². The van der Waals surface area contributed by atoms with E-state index in [1.165, 1.54) is 17.8 Å². The van der Waals surface area contributed by atoms with E-state index in [-0.39, 0.29) is 11.6 Å². The number of nitrogens with one attached hydrogen (secondary N) is 1. The van der Waals surface area contributed by atoms with E-state index >= 15 is 0 Å². The standard InChI is InChI=1S/C16H15ClFNOS/c1-11-6-7-14(13(18)10-11)19-16(20)8-9-21-15-5-3-2-4-12(15)17/h2-7,10H,8-9H2,1H3,(H,19,20). The fourth-order valence-corrected chi connectivity index (χ4v) is 2.94. The van der Waals surface area contributed by atoms with Crippen LogP contribution in [0.2, 0.25) is 5.02 Å². The van der Waals surface area contributed by atoms with Crippen LogP contribution in [0.15, 0.2) is 47.4 Å². The molecule has 0 spiro atoms. The molecule has 0 saturated heterocycles. The quantitative estimate of drug-likeness (QED) is 0.792. The second kappa shape index (κ2) is 7.48. The van der Waals surface area contributed by atoms with Gasteiger partial charge in [0, 0.05) is 17.1 Å². The highest BCUT2D eigenvalue weighted by molar-refractivity contribution is 7.99. The number of anilines is 1. The Bertz CT molecular complexity index is 648. The van der Waals surface area contributed by atoms with Gasteiger partial charge in [-0.3, -0.25) is 4.79 Å². The number of aryl methyl sites for hydroxylation is 1. The maximum atomic E-state index is 13.6. The number of benzene rings is 2. The summed E-state index contributed by atoms with van der Waals surface area (Å²) < 4.78 is 13.6. The highest BCUT2D eigenvalue weighted by Gasteiger charge is 2.08. The zero-order valence-corrected chi connectivity index (χ0v) is 13.1. The van der Waals surface area contributed by atoms with Crippen molar-refractivity contribution in [2.24, 2.45) is 0 Å². The number of rotatable bonds is 5. The van der Waals surface area contributed by atoms with E-state index in [0.29, 0.717) is 17.2 Å². The van der Waals surface area contributed by atoms with Crippen molar-refractivity contribution in [3.05, 3.63) is 58.9 Å². The molecule has 0 aliphatic heterocycles. The molecule has 0 atom stereocenters. The Kier molecular flexibility index (Phi) is 5.65. The smallest absolute Gasteiger partial charge is 0.225 e. The van der Waals surface area contributed by atoms with Gasteiger partial charge in [0.1, 0.15) is 5.82 Å². The Morgan fingerprint density at radius 2 is 2.05 bits per heavy atom. The van der Waals surface area contributed by atoms with Crippen LogP contribution in [-0.2, 0) is 4.79 Å². The average molecular weight is 324 g/mol. The SMILES string of the molecule is Cc1ccc(NC(=O)CCSc2ccccc2Cl)c(F)c1. The molecule has 0 fully saturated rings. The van der Waals surface area contributed by atoms with Gasteiger partial charge in [-0.05, 0) is 36.8 Å². The summed E-state index contributed by atoms with van der Waals surface area (Å²) in [6, 6.07) is 12.2. The lowest BCUT2D eigenvalue weighted by atomic mass is 10.2. The molecule has 2 aromatic carbocycles. The largest absolute Gasteiger partial charge is 0.324 e. The minimum atomic E-state index is -0.415. The second-order valence-electron chi connectivity index (χ2n) is 4.56. The van der Waals surface area contributed by atoms with Gasteiger partial charge in [-0.1, -0.05) is 29.8 Å².